The Labute approximate surface area is 132 Å². The number of halogens is 1. The second-order valence-corrected chi connectivity index (χ2v) is 6.29. The Morgan fingerprint density at radius 3 is 2.95 bits per heavy atom. The number of nitrogens with zero attached hydrogens (tertiary/aromatic N) is 1. The molecule has 1 aromatic heterocycles. The molecule has 1 fully saturated rings. The van der Waals surface area contributed by atoms with Crippen molar-refractivity contribution in [1.82, 2.24) is 10.3 Å². The van der Waals surface area contributed by atoms with Gasteiger partial charge >= 0.3 is 0 Å². The summed E-state index contributed by atoms with van der Waals surface area (Å²) in [5.41, 5.74) is 1.68. The third kappa shape index (κ3) is 3.90. The molecular weight excluding hydrogens is 303 g/mol. The molecule has 1 aromatic carbocycles. The van der Waals surface area contributed by atoms with Gasteiger partial charge < -0.3 is 10.1 Å². The number of carbonyl (C=O) groups excluding carboxylic acids is 1. The van der Waals surface area contributed by atoms with Gasteiger partial charge in [-0.1, -0.05) is 0 Å². The molecule has 116 valence electrons. The van der Waals surface area contributed by atoms with E-state index in [9.17, 15) is 9.18 Å². The van der Waals surface area contributed by atoms with Gasteiger partial charge in [0.15, 0.2) is 0 Å². The molecule has 6 heteroatoms. The van der Waals surface area contributed by atoms with Crippen LogP contribution in [0.2, 0.25) is 0 Å². The van der Waals surface area contributed by atoms with E-state index < -0.39 is 0 Å². The van der Waals surface area contributed by atoms with Crippen LogP contribution in [0.25, 0.3) is 11.3 Å². The Morgan fingerprint density at radius 1 is 1.41 bits per heavy atom. The number of benzene rings is 1. The van der Waals surface area contributed by atoms with Gasteiger partial charge in [-0.15, -0.1) is 11.3 Å². The van der Waals surface area contributed by atoms with Gasteiger partial charge in [-0.25, -0.2) is 9.37 Å². The first kappa shape index (κ1) is 15.1. The second kappa shape index (κ2) is 6.98. The number of hydrogen-bond donors (Lipinski definition) is 1. The summed E-state index contributed by atoms with van der Waals surface area (Å²) in [5, 5.41) is 5.65. The summed E-state index contributed by atoms with van der Waals surface area (Å²) in [6, 6.07) is 6.24. The van der Waals surface area contributed by atoms with Crippen LogP contribution in [0.5, 0.6) is 0 Å². The van der Waals surface area contributed by atoms with Crippen LogP contribution in [0.3, 0.4) is 0 Å². The zero-order valence-corrected chi connectivity index (χ0v) is 12.9. The molecule has 2 heterocycles. The first-order valence-electron chi connectivity index (χ1n) is 7.25. The lowest BCUT2D eigenvalue weighted by molar-refractivity contribution is -0.122. The third-order valence-electron chi connectivity index (χ3n) is 3.63. The van der Waals surface area contributed by atoms with E-state index in [1.807, 2.05) is 5.38 Å². The Morgan fingerprint density at radius 2 is 2.23 bits per heavy atom. The van der Waals surface area contributed by atoms with E-state index in [0.29, 0.717) is 25.5 Å². The van der Waals surface area contributed by atoms with Crippen LogP contribution >= 0.6 is 11.3 Å². The zero-order chi connectivity index (χ0) is 15.4. The molecule has 0 bridgehead atoms. The highest BCUT2D eigenvalue weighted by molar-refractivity contribution is 7.09. The van der Waals surface area contributed by atoms with Crippen LogP contribution in [0, 0.1) is 11.7 Å². The maximum Gasteiger partial charge on any atom is 0.220 e. The number of thiazole rings is 1. The van der Waals surface area contributed by atoms with Gasteiger partial charge in [0.05, 0.1) is 12.2 Å². The lowest BCUT2D eigenvalue weighted by Gasteiger charge is -2.07. The summed E-state index contributed by atoms with van der Waals surface area (Å²) in [6.45, 7) is 1.86. The molecule has 1 aliphatic rings. The minimum Gasteiger partial charge on any atom is -0.381 e. The SMILES string of the molecule is O=C(CC1CCOC1)NCc1nc(-c2ccc(F)cc2)cs1. The molecule has 0 saturated carbocycles. The number of nitrogens with one attached hydrogen (secondary N) is 1. The fourth-order valence-electron chi connectivity index (χ4n) is 2.40. The molecule has 2 aromatic rings. The number of amides is 1. The van der Waals surface area contributed by atoms with Crippen molar-refractivity contribution in [2.45, 2.75) is 19.4 Å². The Kier molecular flexibility index (Phi) is 4.80. The van der Waals surface area contributed by atoms with Gasteiger partial charge in [0, 0.05) is 30.6 Å². The summed E-state index contributed by atoms with van der Waals surface area (Å²) in [6.07, 6.45) is 1.47. The van der Waals surface area contributed by atoms with Crippen molar-refractivity contribution in [2.75, 3.05) is 13.2 Å². The van der Waals surface area contributed by atoms with Crippen molar-refractivity contribution in [3.8, 4) is 11.3 Å². The molecule has 1 unspecified atom stereocenters. The average Bonchev–Trinajstić information content (AvgIpc) is 3.17. The number of aromatic nitrogens is 1. The highest BCUT2D eigenvalue weighted by Crippen LogP contribution is 2.22. The van der Waals surface area contributed by atoms with Gasteiger partial charge in [-0.05, 0) is 36.6 Å². The average molecular weight is 320 g/mol. The summed E-state index contributed by atoms with van der Waals surface area (Å²) in [4.78, 5) is 16.3. The van der Waals surface area contributed by atoms with Crippen LogP contribution in [-0.4, -0.2) is 24.1 Å². The van der Waals surface area contributed by atoms with E-state index in [4.69, 9.17) is 4.74 Å². The number of hydrogen-bond acceptors (Lipinski definition) is 4. The van der Waals surface area contributed by atoms with Crippen LogP contribution < -0.4 is 5.32 Å². The van der Waals surface area contributed by atoms with E-state index in [0.717, 1.165) is 29.3 Å². The van der Waals surface area contributed by atoms with Crippen LogP contribution in [0.15, 0.2) is 29.6 Å². The highest BCUT2D eigenvalue weighted by Gasteiger charge is 2.19. The van der Waals surface area contributed by atoms with Gasteiger partial charge in [-0.3, -0.25) is 4.79 Å². The Hall–Kier alpha value is -1.79. The van der Waals surface area contributed by atoms with E-state index in [1.165, 1.54) is 23.5 Å². The molecule has 4 nitrogen and oxygen atoms in total. The predicted molar refractivity (Wildman–Crippen MR) is 82.9 cm³/mol. The second-order valence-electron chi connectivity index (χ2n) is 5.34. The molecule has 3 rings (SSSR count). The summed E-state index contributed by atoms with van der Waals surface area (Å²) < 4.78 is 18.2. The van der Waals surface area contributed by atoms with Crippen LogP contribution in [-0.2, 0) is 16.1 Å². The van der Waals surface area contributed by atoms with E-state index in [2.05, 4.69) is 10.3 Å². The minimum absolute atomic E-state index is 0.0361. The van der Waals surface area contributed by atoms with Crippen molar-refractivity contribution in [2.24, 2.45) is 5.92 Å². The molecule has 0 radical (unpaired) electrons. The topological polar surface area (TPSA) is 51.2 Å². The molecule has 1 saturated heterocycles. The number of ether oxygens (including phenoxy) is 1. The summed E-state index contributed by atoms with van der Waals surface area (Å²) in [5.74, 6) is 0.113. The largest absolute Gasteiger partial charge is 0.381 e. The normalized spacial score (nSPS) is 17.6. The molecule has 1 aliphatic heterocycles. The summed E-state index contributed by atoms with van der Waals surface area (Å²) >= 11 is 1.49. The van der Waals surface area contributed by atoms with Gasteiger partial charge in [0.1, 0.15) is 10.8 Å². The number of rotatable bonds is 5. The van der Waals surface area contributed by atoms with Crippen molar-refractivity contribution in [3.63, 3.8) is 0 Å². The minimum atomic E-state index is -0.262. The first-order valence-corrected chi connectivity index (χ1v) is 8.13. The van der Waals surface area contributed by atoms with Crippen molar-refractivity contribution in [1.29, 1.82) is 0 Å². The summed E-state index contributed by atoms with van der Waals surface area (Å²) in [7, 11) is 0. The van der Waals surface area contributed by atoms with Crippen LogP contribution in [0.1, 0.15) is 17.8 Å². The third-order valence-corrected chi connectivity index (χ3v) is 4.48. The molecular formula is C16H17FN2O2S. The van der Waals surface area contributed by atoms with Gasteiger partial charge in [0.2, 0.25) is 5.91 Å². The fourth-order valence-corrected chi connectivity index (χ4v) is 3.14. The van der Waals surface area contributed by atoms with E-state index in [1.54, 1.807) is 12.1 Å². The van der Waals surface area contributed by atoms with Crippen molar-refractivity contribution in [3.05, 3.63) is 40.5 Å². The first-order chi connectivity index (χ1) is 10.7. The maximum atomic E-state index is 12.9. The Bertz CT molecular complexity index is 636. The van der Waals surface area contributed by atoms with E-state index in [-0.39, 0.29) is 11.7 Å². The van der Waals surface area contributed by atoms with Crippen molar-refractivity contribution < 1.29 is 13.9 Å². The molecule has 1 amide bonds. The zero-order valence-electron chi connectivity index (χ0n) is 12.0. The van der Waals surface area contributed by atoms with Crippen molar-refractivity contribution >= 4 is 17.2 Å². The maximum absolute atomic E-state index is 12.9. The predicted octanol–water partition coefficient (Wildman–Crippen LogP) is 2.99. The van der Waals surface area contributed by atoms with E-state index >= 15 is 0 Å². The lowest BCUT2D eigenvalue weighted by atomic mass is 10.1. The molecule has 0 aliphatic carbocycles. The Balaban J connectivity index is 1.53. The lowest BCUT2D eigenvalue weighted by Crippen LogP contribution is -2.25. The molecule has 22 heavy (non-hydrogen) atoms. The standard InChI is InChI=1S/C16H17FN2O2S/c17-13-3-1-12(2-4-13)14-10-22-16(19-14)8-18-15(20)7-11-5-6-21-9-11/h1-4,10-11H,5-9H2,(H,18,20). The molecule has 1 atom stereocenters. The smallest absolute Gasteiger partial charge is 0.220 e. The number of carbonyl (C=O) groups is 1. The monoisotopic (exact) mass is 320 g/mol. The quantitative estimate of drug-likeness (QED) is 0.921. The molecule has 1 N–H and O–H groups in total. The fraction of sp³-hybridized carbons (Fsp3) is 0.375. The van der Waals surface area contributed by atoms with Gasteiger partial charge in [0.25, 0.3) is 0 Å². The van der Waals surface area contributed by atoms with Crippen LogP contribution in [0.4, 0.5) is 4.39 Å². The molecule has 0 spiro atoms. The van der Waals surface area contributed by atoms with Gasteiger partial charge in [-0.2, -0.15) is 0 Å². The highest BCUT2D eigenvalue weighted by atomic mass is 32.1.